The molecule has 4 nitrogen and oxygen atoms in total. The number of benzene rings is 2. The number of hydrogen-bond acceptors (Lipinski definition) is 3. The fraction of sp³-hybridized carbons (Fsp3) is 0.481. The van der Waals surface area contributed by atoms with Crippen LogP contribution in [-0.4, -0.2) is 59.3 Å². The van der Waals surface area contributed by atoms with Crippen molar-refractivity contribution in [3.05, 3.63) is 64.6 Å². The highest BCUT2D eigenvalue weighted by atomic mass is 19.4. The number of H-pyrrole nitrogens is 1. The molecule has 200 valence electrons. The van der Waals surface area contributed by atoms with E-state index in [1.807, 2.05) is 0 Å². The Labute approximate surface area is 211 Å². The zero-order valence-electron chi connectivity index (χ0n) is 20.6. The Morgan fingerprint density at radius 1 is 1.05 bits per heavy atom. The van der Waals surface area contributed by atoms with Crippen molar-refractivity contribution in [1.29, 1.82) is 0 Å². The van der Waals surface area contributed by atoms with E-state index in [2.05, 4.69) is 16.8 Å². The molecule has 5 rings (SSSR count). The van der Waals surface area contributed by atoms with Crippen molar-refractivity contribution in [1.82, 2.24) is 14.8 Å². The van der Waals surface area contributed by atoms with Crippen LogP contribution in [0.2, 0.25) is 0 Å². The van der Waals surface area contributed by atoms with Crippen LogP contribution in [-0.2, 0) is 6.42 Å². The third-order valence-electron chi connectivity index (χ3n) is 7.31. The predicted octanol–water partition coefficient (Wildman–Crippen LogP) is 6.35. The summed E-state index contributed by atoms with van der Waals surface area (Å²) in [6.45, 7) is 4.56. The highest BCUT2D eigenvalue weighted by molar-refractivity contribution is 5.85. The molecule has 0 saturated carbocycles. The molecule has 3 aromatic rings. The van der Waals surface area contributed by atoms with Gasteiger partial charge in [0.25, 0.3) is 0 Å². The van der Waals surface area contributed by atoms with Crippen LogP contribution in [0.25, 0.3) is 10.9 Å². The molecule has 2 aliphatic rings. The first-order valence-electron chi connectivity index (χ1n) is 12.5. The van der Waals surface area contributed by atoms with Gasteiger partial charge < -0.3 is 9.72 Å². The van der Waals surface area contributed by atoms with E-state index >= 15 is 8.78 Å². The second-order valence-corrected chi connectivity index (χ2v) is 10.1. The number of aromatic nitrogens is 1. The van der Waals surface area contributed by atoms with Gasteiger partial charge in [0.05, 0.1) is 12.6 Å². The molecule has 2 atom stereocenters. The fourth-order valence-electron chi connectivity index (χ4n) is 5.54. The molecule has 10 heteroatoms. The summed E-state index contributed by atoms with van der Waals surface area (Å²) in [7, 11) is 0. The minimum absolute atomic E-state index is 0.00376. The van der Waals surface area contributed by atoms with Crippen LogP contribution in [0, 0.1) is 17.5 Å². The van der Waals surface area contributed by atoms with Crippen molar-refractivity contribution in [3.63, 3.8) is 0 Å². The molecule has 0 radical (unpaired) electrons. The Morgan fingerprint density at radius 2 is 1.76 bits per heavy atom. The number of halogens is 6. The topological polar surface area (TPSA) is 31.5 Å². The Morgan fingerprint density at radius 3 is 2.41 bits per heavy atom. The Balaban J connectivity index is 1.51. The van der Waals surface area contributed by atoms with Crippen molar-refractivity contribution >= 4 is 10.9 Å². The lowest BCUT2D eigenvalue weighted by Gasteiger charge is -2.41. The van der Waals surface area contributed by atoms with Crippen molar-refractivity contribution in [2.45, 2.75) is 57.5 Å². The normalized spacial score (nSPS) is 21.3. The van der Waals surface area contributed by atoms with Crippen LogP contribution in [0.5, 0.6) is 5.75 Å². The Bertz CT molecular complexity index is 1260. The average molecular weight is 526 g/mol. The molecular weight excluding hydrogens is 496 g/mol. The van der Waals surface area contributed by atoms with E-state index in [4.69, 9.17) is 4.74 Å². The number of fused-ring (bicyclic) bond motifs is 3. The van der Waals surface area contributed by atoms with Gasteiger partial charge in [0, 0.05) is 53.4 Å². The number of nitrogens with zero attached hydrogens (tertiary/aromatic N) is 2. The second kappa shape index (κ2) is 9.87. The van der Waals surface area contributed by atoms with Gasteiger partial charge >= 0.3 is 6.18 Å². The molecule has 1 fully saturated rings. The molecule has 37 heavy (non-hydrogen) atoms. The number of aromatic amines is 1. The maximum Gasteiger partial charge on any atom is 0.401 e. The molecule has 0 unspecified atom stereocenters. The zero-order valence-corrected chi connectivity index (χ0v) is 20.6. The Kier molecular flexibility index (Phi) is 6.91. The lowest BCUT2D eigenvalue weighted by atomic mass is 9.88. The van der Waals surface area contributed by atoms with Gasteiger partial charge in [-0.1, -0.05) is 13.3 Å². The van der Waals surface area contributed by atoms with Gasteiger partial charge in [-0.2, -0.15) is 13.2 Å². The van der Waals surface area contributed by atoms with Gasteiger partial charge in [-0.05, 0) is 50.1 Å². The number of alkyl halides is 3. The predicted molar refractivity (Wildman–Crippen MR) is 128 cm³/mol. The van der Waals surface area contributed by atoms with Crippen LogP contribution in [0.1, 0.15) is 49.6 Å². The third kappa shape index (κ3) is 5.18. The van der Waals surface area contributed by atoms with Crippen molar-refractivity contribution < 1.29 is 31.1 Å². The smallest absolute Gasteiger partial charge is 0.401 e. The van der Waals surface area contributed by atoms with E-state index in [1.165, 1.54) is 18.2 Å². The number of rotatable bonds is 7. The zero-order chi connectivity index (χ0) is 26.5. The fourth-order valence-corrected chi connectivity index (χ4v) is 5.54. The standard InChI is InChI=1S/C27H29F6N3O/c1-3-4-7-35-12-18(13-35)37-17-10-21(29)24(22(30)11-17)26-25-20(8-15(2)36(26)14-27(31,32)33)19-9-16(28)5-6-23(19)34-25/h5-6,9-11,15,18,26,34H,3-4,7-8,12-14H2,1-2H3/t15-,26-/m1/s1. The monoisotopic (exact) mass is 525 g/mol. The van der Waals surface area contributed by atoms with E-state index in [9.17, 15) is 17.6 Å². The highest BCUT2D eigenvalue weighted by Crippen LogP contribution is 2.44. The summed E-state index contributed by atoms with van der Waals surface area (Å²) >= 11 is 0. The quantitative estimate of drug-likeness (QED) is 0.365. The van der Waals surface area contributed by atoms with Crippen LogP contribution in [0.4, 0.5) is 26.3 Å². The Hall–Kier alpha value is -2.72. The molecule has 1 aromatic heterocycles. The molecule has 1 saturated heterocycles. The van der Waals surface area contributed by atoms with Crippen molar-refractivity contribution in [2.75, 3.05) is 26.2 Å². The molecule has 0 amide bonds. The van der Waals surface area contributed by atoms with Crippen LogP contribution in [0.3, 0.4) is 0 Å². The molecular formula is C27H29F6N3O. The summed E-state index contributed by atoms with van der Waals surface area (Å²) in [6.07, 6.45) is -2.50. The van der Waals surface area contributed by atoms with Gasteiger partial charge in [-0.15, -0.1) is 0 Å². The number of nitrogens with one attached hydrogen (secondary N) is 1. The first-order chi connectivity index (χ1) is 17.5. The molecule has 1 N–H and O–H groups in total. The lowest BCUT2D eigenvalue weighted by Crippen LogP contribution is -2.53. The molecule has 3 heterocycles. The minimum Gasteiger partial charge on any atom is -0.488 e. The highest BCUT2D eigenvalue weighted by Gasteiger charge is 2.44. The summed E-state index contributed by atoms with van der Waals surface area (Å²) in [6, 6.07) is 4.00. The summed E-state index contributed by atoms with van der Waals surface area (Å²) in [5, 5.41) is 0.497. The molecule has 0 aliphatic carbocycles. The van der Waals surface area contributed by atoms with Gasteiger partial charge in [0.15, 0.2) is 0 Å². The number of hydrogen-bond donors (Lipinski definition) is 1. The van der Waals surface area contributed by atoms with Crippen molar-refractivity contribution in [3.8, 4) is 5.75 Å². The SMILES string of the molecule is CCCCN1CC(Oc2cc(F)c([C@@H]3c4[nH]c5ccc(F)cc5c4C[C@@H](C)N3CC(F)(F)F)c(F)c2)C1. The molecule has 2 aliphatic heterocycles. The molecule has 0 spiro atoms. The summed E-state index contributed by atoms with van der Waals surface area (Å²) in [4.78, 5) is 6.26. The largest absolute Gasteiger partial charge is 0.488 e. The van der Waals surface area contributed by atoms with Gasteiger partial charge in [-0.25, -0.2) is 13.2 Å². The molecule has 2 aromatic carbocycles. The van der Waals surface area contributed by atoms with Gasteiger partial charge in [0.1, 0.15) is 29.3 Å². The van der Waals surface area contributed by atoms with Crippen LogP contribution in [0.15, 0.2) is 30.3 Å². The van der Waals surface area contributed by atoms with Gasteiger partial charge in [0.2, 0.25) is 0 Å². The van der Waals surface area contributed by atoms with E-state index < -0.39 is 47.8 Å². The first-order valence-corrected chi connectivity index (χ1v) is 12.5. The van der Waals surface area contributed by atoms with Crippen LogP contribution < -0.4 is 4.74 Å². The average Bonchev–Trinajstić information content (AvgIpc) is 3.13. The van der Waals surface area contributed by atoms with E-state index in [1.54, 1.807) is 6.92 Å². The van der Waals surface area contributed by atoms with E-state index in [-0.39, 0.29) is 24.0 Å². The van der Waals surface area contributed by atoms with Crippen LogP contribution >= 0.6 is 0 Å². The number of likely N-dealkylation sites (tertiary alicyclic amines) is 1. The maximum atomic E-state index is 15.5. The second-order valence-electron chi connectivity index (χ2n) is 10.1. The lowest BCUT2D eigenvalue weighted by molar-refractivity contribution is -0.155. The summed E-state index contributed by atoms with van der Waals surface area (Å²) < 4.78 is 91.6. The minimum atomic E-state index is -4.59. The summed E-state index contributed by atoms with van der Waals surface area (Å²) in [5.74, 6) is -2.47. The van der Waals surface area contributed by atoms with E-state index in [0.717, 1.165) is 36.4 Å². The number of ether oxygens (including phenoxy) is 1. The summed E-state index contributed by atoms with van der Waals surface area (Å²) in [5.41, 5.74) is 0.802. The first kappa shape index (κ1) is 25.9. The van der Waals surface area contributed by atoms with Gasteiger partial charge in [-0.3, -0.25) is 9.80 Å². The third-order valence-corrected chi connectivity index (χ3v) is 7.31. The van der Waals surface area contributed by atoms with Crippen molar-refractivity contribution in [2.24, 2.45) is 0 Å². The number of unbranched alkanes of at least 4 members (excludes halogenated alkanes) is 1. The maximum absolute atomic E-state index is 15.5. The van der Waals surface area contributed by atoms with E-state index in [0.29, 0.717) is 29.6 Å². The molecule has 0 bridgehead atoms.